The van der Waals surface area contributed by atoms with E-state index in [0.717, 1.165) is 12.1 Å². The highest BCUT2D eigenvalue weighted by Crippen LogP contribution is 2.21. The molecular weight excluding hydrogens is 280 g/mol. The van der Waals surface area contributed by atoms with Crippen LogP contribution >= 0.6 is 0 Å². The summed E-state index contributed by atoms with van der Waals surface area (Å²) < 4.78 is 26.5. The maximum absolute atomic E-state index is 13.7. The Morgan fingerprint density at radius 2 is 1.90 bits per heavy atom. The molecule has 2 N–H and O–H groups in total. The van der Waals surface area contributed by atoms with Crippen molar-refractivity contribution in [3.05, 3.63) is 35.4 Å². The molecule has 0 saturated heterocycles. The van der Waals surface area contributed by atoms with Crippen molar-refractivity contribution >= 4 is 11.9 Å². The lowest BCUT2D eigenvalue weighted by Crippen LogP contribution is -2.28. The molecule has 1 aromatic carbocycles. The van der Waals surface area contributed by atoms with E-state index in [2.05, 4.69) is 5.32 Å². The number of nitrogens with one attached hydrogen (secondary N) is 1. The van der Waals surface area contributed by atoms with Gasteiger partial charge in [0.2, 0.25) is 5.91 Å². The molecule has 1 amide bonds. The van der Waals surface area contributed by atoms with Gasteiger partial charge < -0.3 is 10.4 Å². The Morgan fingerprint density at radius 1 is 1.24 bits per heavy atom. The van der Waals surface area contributed by atoms with Crippen LogP contribution in [0.1, 0.15) is 50.6 Å². The minimum absolute atomic E-state index is 0.0249. The highest BCUT2D eigenvalue weighted by atomic mass is 19.1. The molecule has 1 unspecified atom stereocenters. The number of halogens is 2. The van der Waals surface area contributed by atoms with Crippen molar-refractivity contribution in [1.82, 2.24) is 5.32 Å². The molecule has 0 saturated carbocycles. The first-order valence-corrected chi connectivity index (χ1v) is 6.90. The van der Waals surface area contributed by atoms with Gasteiger partial charge in [-0.2, -0.15) is 0 Å². The number of amides is 1. The lowest BCUT2D eigenvalue weighted by Gasteiger charge is -2.18. The van der Waals surface area contributed by atoms with Crippen molar-refractivity contribution in [2.45, 2.75) is 45.1 Å². The fourth-order valence-electron chi connectivity index (χ4n) is 2.01. The van der Waals surface area contributed by atoms with Gasteiger partial charge in [0.05, 0.1) is 6.04 Å². The standard InChI is InChI=1S/C15H19F2NO3/c1-2-13(11-8-7-10(16)9-12(11)17)18-14(19)5-3-4-6-15(20)21/h7-9,13H,2-6H2,1H3,(H,18,19)(H,20,21). The summed E-state index contributed by atoms with van der Waals surface area (Å²) in [6, 6.07) is 2.75. The average Bonchev–Trinajstić information content (AvgIpc) is 2.41. The molecule has 0 aliphatic heterocycles. The van der Waals surface area contributed by atoms with Gasteiger partial charge in [-0.3, -0.25) is 9.59 Å². The number of aliphatic carboxylic acids is 1. The summed E-state index contributed by atoms with van der Waals surface area (Å²) in [5.41, 5.74) is 0.248. The van der Waals surface area contributed by atoms with E-state index in [1.54, 1.807) is 6.92 Å². The van der Waals surface area contributed by atoms with Crippen LogP contribution in [0.4, 0.5) is 8.78 Å². The van der Waals surface area contributed by atoms with E-state index in [9.17, 15) is 18.4 Å². The van der Waals surface area contributed by atoms with E-state index in [1.807, 2.05) is 0 Å². The molecule has 0 aromatic heterocycles. The summed E-state index contributed by atoms with van der Waals surface area (Å²) in [5, 5.41) is 11.2. The first kappa shape index (κ1) is 17.1. The van der Waals surface area contributed by atoms with Gasteiger partial charge in [0.15, 0.2) is 0 Å². The van der Waals surface area contributed by atoms with Gasteiger partial charge in [-0.1, -0.05) is 13.0 Å². The second-order valence-electron chi connectivity index (χ2n) is 4.80. The van der Waals surface area contributed by atoms with Gasteiger partial charge in [-0.15, -0.1) is 0 Å². The normalized spacial score (nSPS) is 12.0. The third kappa shape index (κ3) is 5.89. The predicted molar refractivity (Wildman–Crippen MR) is 73.6 cm³/mol. The van der Waals surface area contributed by atoms with Crippen molar-refractivity contribution in [1.29, 1.82) is 0 Å². The molecule has 0 aliphatic rings. The molecule has 1 rings (SSSR count). The maximum atomic E-state index is 13.7. The molecule has 0 spiro atoms. The Hall–Kier alpha value is -1.98. The third-order valence-electron chi connectivity index (χ3n) is 3.13. The molecule has 21 heavy (non-hydrogen) atoms. The molecule has 0 heterocycles. The molecule has 0 radical (unpaired) electrons. The number of carbonyl (C=O) groups excluding carboxylic acids is 1. The van der Waals surface area contributed by atoms with Crippen LogP contribution < -0.4 is 5.32 Å². The van der Waals surface area contributed by atoms with E-state index < -0.39 is 23.6 Å². The monoisotopic (exact) mass is 299 g/mol. The zero-order valence-electron chi connectivity index (χ0n) is 11.9. The summed E-state index contributed by atoms with van der Waals surface area (Å²) in [7, 11) is 0. The van der Waals surface area contributed by atoms with Crippen LogP contribution in [0.15, 0.2) is 18.2 Å². The quantitative estimate of drug-likeness (QED) is 0.725. The van der Waals surface area contributed by atoms with Crippen molar-refractivity contribution in [2.24, 2.45) is 0 Å². The van der Waals surface area contributed by atoms with Crippen molar-refractivity contribution in [2.75, 3.05) is 0 Å². The largest absolute Gasteiger partial charge is 0.481 e. The Bertz CT molecular complexity index is 506. The number of carbonyl (C=O) groups is 2. The highest BCUT2D eigenvalue weighted by Gasteiger charge is 2.16. The van der Waals surface area contributed by atoms with E-state index >= 15 is 0 Å². The maximum Gasteiger partial charge on any atom is 0.303 e. The number of hydrogen-bond acceptors (Lipinski definition) is 2. The second kappa shape index (κ2) is 8.34. The number of carboxylic acids is 1. The van der Waals surface area contributed by atoms with Crippen LogP contribution in [0, 0.1) is 11.6 Å². The molecule has 4 nitrogen and oxygen atoms in total. The fraction of sp³-hybridized carbons (Fsp3) is 0.467. The Kier molecular flexibility index (Phi) is 6.78. The van der Waals surface area contributed by atoms with Gasteiger partial charge >= 0.3 is 5.97 Å². The number of carboxylic acid groups (broad SMARTS) is 1. The minimum atomic E-state index is -0.893. The van der Waals surface area contributed by atoms with E-state index in [0.29, 0.717) is 19.3 Å². The molecule has 1 aromatic rings. The first-order valence-electron chi connectivity index (χ1n) is 6.90. The second-order valence-corrected chi connectivity index (χ2v) is 4.80. The Balaban J connectivity index is 2.53. The summed E-state index contributed by atoms with van der Waals surface area (Å²) in [4.78, 5) is 22.1. The number of rotatable bonds is 8. The first-order chi connectivity index (χ1) is 9.93. The molecule has 0 fully saturated rings. The minimum Gasteiger partial charge on any atom is -0.481 e. The third-order valence-corrected chi connectivity index (χ3v) is 3.13. The van der Waals surface area contributed by atoms with Crippen LogP contribution in [0.25, 0.3) is 0 Å². The molecule has 0 aliphatic carbocycles. The van der Waals surface area contributed by atoms with Gasteiger partial charge in [0.1, 0.15) is 11.6 Å². The number of unbranched alkanes of at least 4 members (excludes halogenated alkanes) is 1. The van der Waals surface area contributed by atoms with Gasteiger partial charge in [-0.25, -0.2) is 8.78 Å². The molecular formula is C15H19F2NO3. The van der Waals surface area contributed by atoms with Crippen LogP contribution in [-0.4, -0.2) is 17.0 Å². The summed E-state index contributed by atoms with van der Waals surface area (Å²) in [6.07, 6.45) is 1.57. The van der Waals surface area contributed by atoms with E-state index in [1.165, 1.54) is 6.07 Å². The average molecular weight is 299 g/mol. The smallest absolute Gasteiger partial charge is 0.303 e. The van der Waals surface area contributed by atoms with Gasteiger partial charge in [0.25, 0.3) is 0 Å². The molecule has 116 valence electrons. The van der Waals surface area contributed by atoms with Crippen molar-refractivity contribution in [3.8, 4) is 0 Å². The highest BCUT2D eigenvalue weighted by molar-refractivity contribution is 5.76. The van der Waals surface area contributed by atoms with Gasteiger partial charge in [0, 0.05) is 24.5 Å². The molecule has 6 heteroatoms. The summed E-state index contributed by atoms with van der Waals surface area (Å²) in [6.45, 7) is 1.79. The SMILES string of the molecule is CCC(NC(=O)CCCCC(=O)O)c1ccc(F)cc1F. The zero-order valence-corrected chi connectivity index (χ0v) is 11.9. The molecule has 1 atom stereocenters. The van der Waals surface area contributed by atoms with Crippen LogP contribution in [0.5, 0.6) is 0 Å². The lowest BCUT2D eigenvalue weighted by molar-refractivity contribution is -0.137. The topological polar surface area (TPSA) is 66.4 Å². The summed E-state index contributed by atoms with van der Waals surface area (Å²) in [5.74, 6) is -2.51. The van der Waals surface area contributed by atoms with Crippen molar-refractivity contribution in [3.63, 3.8) is 0 Å². The molecule has 0 bridgehead atoms. The Labute approximate surface area is 122 Å². The van der Waals surface area contributed by atoms with Crippen LogP contribution in [0.2, 0.25) is 0 Å². The number of benzene rings is 1. The number of hydrogen-bond donors (Lipinski definition) is 2. The summed E-state index contributed by atoms with van der Waals surface area (Å²) >= 11 is 0. The van der Waals surface area contributed by atoms with Crippen LogP contribution in [-0.2, 0) is 9.59 Å². The van der Waals surface area contributed by atoms with E-state index in [-0.39, 0.29) is 24.3 Å². The van der Waals surface area contributed by atoms with Crippen molar-refractivity contribution < 1.29 is 23.5 Å². The van der Waals surface area contributed by atoms with E-state index in [4.69, 9.17) is 5.11 Å². The fourth-order valence-corrected chi connectivity index (χ4v) is 2.01. The predicted octanol–water partition coefficient (Wildman–Crippen LogP) is 3.18. The van der Waals surface area contributed by atoms with Crippen LogP contribution in [0.3, 0.4) is 0 Å². The zero-order chi connectivity index (χ0) is 15.8. The Morgan fingerprint density at radius 3 is 2.48 bits per heavy atom. The van der Waals surface area contributed by atoms with Gasteiger partial charge in [-0.05, 0) is 25.3 Å². The lowest BCUT2D eigenvalue weighted by atomic mass is 10.0.